The van der Waals surface area contributed by atoms with Gasteiger partial charge in [0.1, 0.15) is 6.79 Å². The van der Waals surface area contributed by atoms with Gasteiger partial charge in [-0.25, -0.2) is 0 Å². The summed E-state index contributed by atoms with van der Waals surface area (Å²) in [7, 11) is 1.52. The van der Waals surface area contributed by atoms with Gasteiger partial charge in [-0.15, -0.1) is 0 Å². The zero-order chi connectivity index (χ0) is 14.6. The van der Waals surface area contributed by atoms with E-state index in [-0.39, 0.29) is 11.7 Å². The summed E-state index contributed by atoms with van der Waals surface area (Å²) in [6, 6.07) is 9.45. The molecule has 0 aromatic heterocycles. The highest BCUT2D eigenvalue weighted by atomic mass is 16.7. The Kier molecular flexibility index (Phi) is 4.57. The number of rotatable bonds is 5. The molecule has 0 unspecified atom stereocenters. The van der Waals surface area contributed by atoms with E-state index >= 15 is 0 Å². The van der Waals surface area contributed by atoms with Crippen molar-refractivity contribution in [1.29, 1.82) is 0 Å². The molecule has 110 valence electrons. The number of anilines is 1. The van der Waals surface area contributed by atoms with Gasteiger partial charge in [0.05, 0.1) is 4.92 Å². The van der Waals surface area contributed by atoms with Crippen LogP contribution in [0.15, 0.2) is 30.3 Å². The fourth-order valence-corrected chi connectivity index (χ4v) is 2.71. The smallest absolute Gasteiger partial charge is 0.319 e. The van der Waals surface area contributed by atoms with Crippen molar-refractivity contribution < 1.29 is 14.4 Å². The molecule has 2 atom stereocenters. The molecule has 1 aliphatic heterocycles. The van der Waals surface area contributed by atoms with Crippen LogP contribution in [-0.4, -0.2) is 37.1 Å². The molecule has 0 N–H and O–H groups in total. The quantitative estimate of drug-likeness (QED) is 0.470. The molecule has 1 aromatic carbocycles. The van der Waals surface area contributed by atoms with Crippen LogP contribution in [-0.2, 0) is 9.47 Å². The van der Waals surface area contributed by atoms with Crippen LogP contribution in [0.5, 0.6) is 0 Å². The van der Waals surface area contributed by atoms with Crippen LogP contribution < -0.4 is 4.90 Å². The third kappa shape index (κ3) is 2.62. The van der Waals surface area contributed by atoms with Crippen LogP contribution >= 0.6 is 0 Å². The summed E-state index contributed by atoms with van der Waals surface area (Å²) in [5.41, 5.74) is -0.435. The van der Waals surface area contributed by atoms with Gasteiger partial charge >= 0.3 is 5.66 Å². The topological polar surface area (TPSA) is 64.8 Å². The van der Waals surface area contributed by atoms with E-state index in [9.17, 15) is 10.1 Å². The molecule has 1 saturated heterocycles. The average Bonchev–Trinajstić information content (AvgIpc) is 2.47. The summed E-state index contributed by atoms with van der Waals surface area (Å²) in [6.45, 7) is 2.34. The Morgan fingerprint density at radius 1 is 1.45 bits per heavy atom. The lowest BCUT2D eigenvalue weighted by Gasteiger charge is -2.43. The van der Waals surface area contributed by atoms with E-state index in [0.717, 1.165) is 12.1 Å². The predicted molar refractivity (Wildman–Crippen MR) is 75.2 cm³/mol. The average molecular weight is 280 g/mol. The second-order valence-electron chi connectivity index (χ2n) is 5.04. The number of methoxy groups -OCH3 is 1. The van der Waals surface area contributed by atoms with E-state index in [2.05, 4.69) is 0 Å². The maximum absolute atomic E-state index is 11.7. The molecule has 0 saturated carbocycles. The fourth-order valence-electron chi connectivity index (χ4n) is 2.71. The van der Waals surface area contributed by atoms with Gasteiger partial charge in [0.15, 0.2) is 6.10 Å². The van der Waals surface area contributed by atoms with E-state index in [4.69, 9.17) is 9.47 Å². The Labute approximate surface area is 118 Å². The molecule has 0 aliphatic carbocycles. The van der Waals surface area contributed by atoms with Crippen LogP contribution in [0, 0.1) is 10.1 Å². The van der Waals surface area contributed by atoms with Crippen molar-refractivity contribution in [3.05, 3.63) is 40.4 Å². The lowest BCUT2D eigenvalue weighted by molar-refractivity contribution is -0.581. The maximum Gasteiger partial charge on any atom is 0.319 e. The largest absolute Gasteiger partial charge is 0.359 e. The van der Waals surface area contributed by atoms with E-state index in [1.807, 2.05) is 35.2 Å². The minimum absolute atomic E-state index is 0.0662. The van der Waals surface area contributed by atoms with Gasteiger partial charge in [-0.05, 0) is 25.0 Å². The van der Waals surface area contributed by atoms with Crippen LogP contribution in [0.2, 0.25) is 0 Å². The van der Waals surface area contributed by atoms with Crippen molar-refractivity contribution in [3.8, 4) is 0 Å². The molecule has 1 heterocycles. The number of ether oxygens (including phenoxy) is 2. The minimum Gasteiger partial charge on any atom is -0.359 e. The summed E-state index contributed by atoms with van der Waals surface area (Å²) >= 11 is 0. The SMILES string of the molecule is COCO[C@H]1CCCN(c2ccccc2)[C@@]1(C)[N+](=O)[O-]. The zero-order valence-electron chi connectivity index (χ0n) is 11.8. The first-order valence-corrected chi connectivity index (χ1v) is 6.68. The molecular formula is C14H20N2O4. The van der Waals surface area contributed by atoms with Gasteiger partial charge in [-0.2, -0.15) is 0 Å². The van der Waals surface area contributed by atoms with Gasteiger partial charge in [0.25, 0.3) is 0 Å². The molecule has 0 radical (unpaired) electrons. The number of nitro groups is 1. The van der Waals surface area contributed by atoms with E-state index in [0.29, 0.717) is 13.0 Å². The van der Waals surface area contributed by atoms with Crippen LogP contribution in [0.25, 0.3) is 0 Å². The summed E-state index contributed by atoms with van der Waals surface area (Å²) < 4.78 is 10.5. The zero-order valence-corrected chi connectivity index (χ0v) is 11.8. The van der Waals surface area contributed by atoms with Crippen LogP contribution in [0.1, 0.15) is 19.8 Å². The maximum atomic E-state index is 11.7. The molecule has 0 amide bonds. The van der Waals surface area contributed by atoms with E-state index in [1.54, 1.807) is 6.92 Å². The summed E-state index contributed by atoms with van der Waals surface area (Å²) in [6.07, 6.45) is 1.02. The highest BCUT2D eigenvalue weighted by Gasteiger charge is 2.54. The van der Waals surface area contributed by atoms with Crippen molar-refractivity contribution >= 4 is 5.69 Å². The highest BCUT2D eigenvalue weighted by Crippen LogP contribution is 2.35. The first kappa shape index (κ1) is 14.7. The van der Waals surface area contributed by atoms with Gasteiger partial charge in [0.2, 0.25) is 0 Å². The molecule has 6 heteroatoms. The molecule has 0 spiro atoms. The first-order chi connectivity index (χ1) is 9.60. The van der Waals surface area contributed by atoms with Gasteiger partial charge in [-0.1, -0.05) is 18.2 Å². The summed E-state index contributed by atoms with van der Waals surface area (Å²) in [5, 5.41) is 11.7. The number of para-hydroxylation sites is 1. The number of hydrogen-bond donors (Lipinski definition) is 0. The number of nitrogens with zero attached hydrogens (tertiary/aromatic N) is 2. The standard InChI is InChI=1S/C14H20N2O4/c1-14(16(17)18)13(20-11-19-2)9-6-10-15(14)12-7-4-3-5-8-12/h3-5,7-8,13H,6,9-11H2,1-2H3/t13-,14-/m0/s1. The third-order valence-electron chi connectivity index (χ3n) is 3.83. The molecule has 1 aromatic rings. The molecule has 1 fully saturated rings. The lowest BCUT2D eigenvalue weighted by Crippen LogP contribution is -2.64. The number of benzene rings is 1. The Balaban J connectivity index is 2.32. The van der Waals surface area contributed by atoms with Crippen LogP contribution in [0.3, 0.4) is 0 Å². The van der Waals surface area contributed by atoms with Gasteiger partial charge in [0, 0.05) is 26.3 Å². The second kappa shape index (κ2) is 6.19. The molecule has 6 nitrogen and oxygen atoms in total. The minimum atomic E-state index is -1.28. The van der Waals surface area contributed by atoms with Crippen molar-refractivity contribution in [1.82, 2.24) is 0 Å². The summed E-state index contributed by atoms with van der Waals surface area (Å²) in [5.74, 6) is 0. The monoisotopic (exact) mass is 280 g/mol. The van der Waals surface area contributed by atoms with Gasteiger partial charge in [-0.3, -0.25) is 10.1 Å². The Hall–Kier alpha value is -1.66. The van der Waals surface area contributed by atoms with Crippen molar-refractivity contribution in [2.24, 2.45) is 0 Å². The molecule has 0 bridgehead atoms. The molecule has 20 heavy (non-hydrogen) atoms. The first-order valence-electron chi connectivity index (χ1n) is 6.68. The van der Waals surface area contributed by atoms with Crippen LogP contribution in [0.4, 0.5) is 5.69 Å². The summed E-state index contributed by atoms with van der Waals surface area (Å²) in [4.78, 5) is 13.2. The molecular weight excluding hydrogens is 260 g/mol. The van der Waals surface area contributed by atoms with Crippen molar-refractivity contribution in [2.75, 3.05) is 25.3 Å². The Morgan fingerprint density at radius 2 is 2.15 bits per heavy atom. The second-order valence-corrected chi connectivity index (χ2v) is 5.04. The fraction of sp³-hybridized carbons (Fsp3) is 0.571. The molecule has 2 rings (SSSR count). The molecule has 1 aliphatic rings. The number of hydrogen-bond acceptors (Lipinski definition) is 5. The van der Waals surface area contributed by atoms with Gasteiger partial charge < -0.3 is 14.4 Å². The highest BCUT2D eigenvalue weighted by molar-refractivity contribution is 5.48. The number of piperidine rings is 1. The van der Waals surface area contributed by atoms with E-state index < -0.39 is 11.8 Å². The lowest BCUT2D eigenvalue weighted by atomic mass is 9.93. The van der Waals surface area contributed by atoms with Crippen molar-refractivity contribution in [2.45, 2.75) is 31.5 Å². The van der Waals surface area contributed by atoms with Crippen molar-refractivity contribution in [3.63, 3.8) is 0 Å². The predicted octanol–water partition coefficient (Wildman–Crippen LogP) is 2.27. The Morgan fingerprint density at radius 3 is 2.75 bits per heavy atom. The third-order valence-corrected chi connectivity index (χ3v) is 3.83. The Bertz CT molecular complexity index is 454. The van der Waals surface area contributed by atoms with E-state index in [1.165, 1.54) is 7.11 Å². The normalized spacial score (nSPS) is 26.5.